The first kappa shape index (κ1) is 18.5. The summed E-state index contributed by atoms with van der Waals surface area (Å²) in [6.07, 6.45) is -0.949. The number of hydrogen-bond donors (Lipinski definition) is 2. The fourth-order valence-corrected chi connectivity index (χ4v) is 2.40. The lowest BCUT2D eigenvalue weighted by Crippen LogP contribution is -2.37. The van der Waals surface area contributed by atoms with Crippen LogP contribution in [0.5, 0.6) is 5.75 Å². The fraction of sp³-hybridized carbons (Fsp3) is 0.300. The lowest BCUT2D eigenvalue weighted by atomic mass is 10.0. The number of esters is 1. The Morgan fingerprint density at radius 1 is 1.08 bits per heavy atom. The quantitative estimate of drug-likeness (QED) is 0.791. The van der Waals surface area contributed by atoms with E-state index >= 15 is 0 Å². The molecule has 2 aromatic carbocycles. The van der Waals surface area contributed by atoms with Crippen molar-refractivity contribution in [1.82, 2.24) is 5.32 Å². The van der Waals surface area contributed by atoms with Crippen LogP contribution in [0.3, 0.4) is 0 Å². The van der Waals surface area contributed by atoms with Gasteiger partial charge < -0.3 is 15.2 Å². The highest BCUT2D eigenvalue weighted by molar-refractivity contribution is 5.94. The van der Waals surface area contributed by atoms with Crippen molar-refractivity contribution in [1.29, 1.82) is 0 Å². The van der Waals surface area contributed by atoms with E-state index in [4.69, 9.17) is 4.74 Å². The summed E-state index contributed by atoms with van der Waals surface area (Å²) in [5.74, 6) is -1.07. The summed E-state index contributed by atoms with van der Waals surface area (Å²) >= 11 is 0. The molecule has 2 atom stereocenters. The van der Waals surface area contributed by atoms with Crippen molar-refractivity contribution in [3.05, 3.63) is 65.2 Å². The Morgan fingerprint density at radius 3 is 2.44 bits per heavy atom. The first-order chi connectivity index (χ1) is 11.9. The summed E-state index contributed by atoms with van der Waals surface area (Å²) in [5.41, 5.74) is 1.75. The van der Waals surface area contributed by atoms with E-state index in [0.29, 0.717) is 12.1 Å². The molecule has 5 nitrogen and oxygen atoms in total. The Hall–Kier alpha value is -2.82. The number of benzene rings is 2. The van der Waals surface area contributed by atoms with Crippen molar-refractivity contribution in [3.8, 4) is 5.75 Å². The first-order valence-electron chi connectivity index (χ1n) is 8.22. The van der Waals surface area contributed by atoms with Gasteiger partial charge >= 0.3 is 5.97 Å². The molecule has 0 radical (unpaired) electrons. The molecular formula is C20H23NO4. The van der Waals surface area contributed by atoms with E-state index in [1.54, 1.807) is 19.1 Å². The normalized spacial score (nSPS) is 12.9. The molecule has 2 rings (SSSR count). The number of nitrogens with one attached hydrogen (secondary N) is 1. The number of rotatable bonds is 6. The van der Waals surface area contributed by atoms with Gasteiger partial charge in [-0.2, -0.15) is 0 Å². The van der Waals surface area contributed by atoms with Gasteiger partial charge in [-0.15, -0.1) is 0 Å². The van der Waals surface area contributed by atoms with E-state index in [-0.39, 0.29) is 23.1 Å². The van der Waals surface area contributed by atoms with Gasteiger partial charge in [0.2, 0.25) is 0 Å². The minimum absolute atomic E-state index is 0.0531. The highest BCUT2D eigenvalue weighted by Gasteiger charge is 2.21. The van der Waals surface area contributed by atoms with Crippen LogP contribution in [0.4, 0.5) is 0 Å². The number of phenols is 1. The Morgan fingerprint density at radius 2 is 1.76 bits per heavy atom. The van der Waals surface area contributed by atoms with Crippen LogP contribution in [0.15, 0.2) is 48.5 Å². The first-order valence-corrected chi connectivity index (χ1v) is 8.22. The maximum absolute atomic E-state index is 12.1. The minimum atomic E-state index is -0.949. The zero-order chi connectivity index (χ0) is 18.4. The topological polar surface area (TPSA) is 75.6 Å². The van der Waals surface area contributed by atoms with Gasteiger partial charge in [0.05, 0.1) is 0 Å². The Labute approximate surface area is 147 Å². The molecule has 0 heterocycles. The van der Waals surface area contributed by atoms with Gasteiger partial charge in [0.15, 0.2) is 6.10 Å². The molecule has 0 spiro atoms. The molecule has 0 bridgehead atoms. The largest absolute Gasteiger partial charge is 0.507 e. The van der Waals surface area contributed by atoms with Gasteiger partial charge in [0.1, 0.15) is 11.3 Å². The third-order valence-corrected chi connectivity index (χ3v) is 4.06. The number of para-hydroxylation sites is 1. The summed E-state index contributed by atoms with van der Waals surface area (Å²) in [6, 6.07) is 14.6. The maximum Gasteiger partial charge on any atom is 0.342 e. The number of carbonyl (C=O) groups is 2. The second-order valence-corrected chi connectivity index (χ2v) is 6.08. The molecule has 0 aliphatic heterocycles. The molecule has 0 unspecified atom stereocenters. The third kappa shape index (κ3) is 4.83. The van der Waals surface area contributed by atoms with Crippen LogP contribution in [0.1, 0.15) is 41.3 Å². The van der Waals surface area contributed by atoms with Crippen LogP contribution in [-0.2, 0) is 9.53 Å². The molecule has 5 heteroatoms. The predicted octanol–water partition coefficient (Wildman–Crippen LogP) is 3.17. The molecule has 0 saturated heterocycles. The number of ether oxygens (including phenoxy) is 1. The van der Waals surface area contributed by atoms with Gasteiger partial charge in [-0.1, -0.05) is 49.4 Å². The smallest absolute Gasteiger partial charge is 0.342 e. The lowest BCUT2D eigenvalue weighted by Gasteiger charge is -2.17. The molecule has 132 valence electrons. The fourth-order valence-electron chi connectivity index (χ4n) is 2.40. The Bertz CT molecular complexity index is 743. The van der Waals surface area contributed by atoms with Crippen molar-refractivity contribution in [3.63, 3.8) is 0 Å². The molecule has 1 amide bonds. The summed E-state index contributed by atoms with van der Waals surface area (Å²) in [5, 5.41) is 12.7. The van der Waals surface area contributed by atoms with Crippen molar-refractivity contribution >= 4 is 11.9 Å². The molecule has 2 aromatic rings. The summed E-state index contributed by atoms with van der Waals surface area (Å²) in [7, 11) is 0. The number of aryl methyl sites for hydroxylation is 1. The standard InChI is InChI=1S/C20H23NO4/c1-13-8-7-11-17(18(13)22)20(24)25-15(3)19(23)21-12-14(2)16-9-5-4-6-10-16/h4-11,14-15,22H,12H2,1-3H3,(H,21,23)/t14-,15+/m0/s1. The molecule has 2 N–H and O–H groups in total. The number of phenolic OH excluding ortho intramolecular Hbond substituents is 1. The van der Waals surface area contributed by atoms with Crippen LogP contribution in [0, 0.1) is 6.92 Å². The monoisotopic (exact) mass is 341 g/mol. The molecule has 0 aromatic heterocycles. The summed E-state index contributed by atoms with van der Waals surface area (Å²) in [4.78, 5) is 24.3. The van der Waals surface area contributed by atoms with Gasteiger partial charge in [0.25, 0.3) is 5.91 Å². The van der Waals surface area contributed by atoms with Crippen LogP contribution < -0.4 is 5.32 Å². The average Bonchev–Trinajstić information content (AvgIpc) is 2.62. The Kier molecular flexibility index (Phi) is 6.17. The van der Waals surface area contributed by atoms with Crippen LogP contribution in [0.2, 0.25) is 0 Å². The molecule has 0 fully saturated rings. The molecule has 0 aliphatic carbocycles. The van der Waals surface area contributed by atoms with Gasteiger partial charge in [-0.25, -0.2) is 4.79 Å². The molecular weight excluding hydrogens is 318 g/mol. The number of aromatic hydroxyl groups is 1. The van der Waals surface area contributed by atoms with E-state index < -0.39 is 12.1 Å². The summed E-state index contributed by atoms with van der Waals surface area (Å²) in [6.45, 7) is 5.65. The van der Waals surface area contributed by atoms with Crippen molar-refractivity contribution in [2.24, 2.45) is 0 Å². The van der Waals surface area contributed by atoms with Crippen LogP contribution in [0.25, 0.3) is 0 Å². The highest BCUT2D eigenvalue weighted by atomic mass is 16.5. The second kappa shape index (κ2) is 8.33. The van der Waals surface area contributed by atoms with E-state index in [1.807, 2.05) is 37.3 Å². The zero-order valence-corrected chi connectivity index (χ0v) is 14.7. The maximum atomic E-state index is 12.1. The van der Waals surface area contributed by atoms with Gasteiger partial charge in [-0.05, 0) is 37.0 Å². The average molecular weight is 341 g/mol. The van der Waals surface area contributed by atoms with Gasteiger partial charge in [0, 0.05) is 6.54 Å². The zero-order valence-electron chi connectivity index (χ0n) is 14.7. The highest BCUT2D eigenvalue weighted by Crippen LogP contribution is 2.22. The van der Waals surface area contributed by atoms with Gasteiger partial charge in [-0.3, -0.25) is 4.79 Å². The number of hydrogen-bond acceptors (Lipinski definition) is 4. The van der Waals surface area contributed by atoms with Crippen LogP contribution >= 0.6 is 0 Å². The number of carbonyl (C=O) groups excluding carboxylic acids is 2. The number of amides is 1. The van der Waals surface area contributed by atoms with Crippen molar-refractivity contribution in [2.75, 3.05) is 6.54 Å². The van der Waals surface area contributed by atoms with E-state index in [9.17, 15) is 14.7 Å². The van der Waals surface area contributed by atoms with Crippen LogP contribution in [-0.4, -0.2) is 29.6 Å². The molecule has 0 saturated carbocycles. The molecule has 25 heavy (non-hydrogen) atoms. The minimum Gasteiger partial charge on any atom is -0.507 e. The summed E-state index contributed by atoms with van der Waals surface area (Å²) < 4.78 is 5.16. The van der Waals surface area contributed by atoms with E-state index in [1.165, 1.54) is 13.0 Å². The van der Waals surface area contributed by atoms with Crippen molar-refractivity contribution < 1.29 is 19.4 Å². The van der Waals surface area contributed by atoms with E-state index in [0.717, 1.165) is 5.56 Å². The van der Waals surface area contributed by atoms with E-state index in [2.05, 4.69) is 5.32 Å². The Balaban J connectivity index is 1.89. The second-order valence-electron chi connectivity index (χ2n) is 6.08. The van der Waals surface area contributed by atoms with Crippen molar-refractivity contribution in [2.45, 2.75) is 32.8 Å². The SMILES string of the molecule is Cc1cccc(C(=O)O[C@H](C)C(=O)NC[C@H](C)c2ccccc2)c1O. The lowest BCUT2D eigenvalue weighted by molar-refractivity contribution is -0.129. The third-order valence-electron chi connectivity index (χ3n) is 4.06. The molecule has 0 aliphatic rings. The predicted molar refractivity (Wildman–Crippen MR) is 95.6 cm³/mol.